The monoisotopic (exact) mass is 423 g/mol. The van der Waals surface area contributed by atoms with Gasteiger partial charge in [-0.05, 0) is 36.0 Å². The molecule has 0 saturated carbocycles. The largest absolute Gasteiger partial charge is 0.368 e. The molecule has 8 nitrogen and oxygen atoms in total. The second-order valence-corrected chi connectivity index (χ2v) is 7.93. The third-order valence-corrected chi connectivity index (χ3v) is 5.81. The summed E-state index contributed by atoms with van der Waals surface area (Å²) >= 11 is 0. The van der Waals surface area contributed by atoms with Gasteiger partial charge in [-0.3, -0.25) is 14.5 Å². The number of carbonyl (C=O) groups excluding carboxylic acids is 1. The number of nitriles is 1. The van der Waals surface area contributed by atoms with Crippen molar-refractivity contribution in [3.63, 3.8) is 0 Å². The average molecular weight is 423 g/mol. The van der Waals surface area contributed by atoms with E-state index in [1.54, 1.807) is 18.6 Å². The molecule has 32 heavy (non-hydrogen) atoms. The number of nitrogens with zero attached hydrogens (tertiary/aromatic N) is 6. The number of hydrogen-bond donors (Lipinski definition) is 1. The normalized spacial score (nSPS) is 16.0. The summed E-state index contributed by atoms with van der Waals surface area (Å²) in [5, 5.41) is 17.9. The van der Waals surface area contributed by atoms with Crippen LogP contribution in [0.1, 0.15) is 25.0 Å². The van der Waals surface area contributed by atoms with Crippen LogP contribution >= 0.6 is 0 Å². The number of carbonyl (C=O) groups is 1. The van der Waals surface area contributed by atoms with Crippen LogP contribution < -0.4 is 5.73 Å². The number of allylic oxidation sites excluding steroid dienone is 2. The highest BCUT2D eigenvalue weighted by molar-refractivity contribution is 5.89. The van der Waals surface area contributed by atoms with E-state index < -0.39 is 5.91 Å². The van der Waals surface area contributed by atoms with Gasteiger partial charge in [-0.25, -0.2) is 4.52 Å². The molecule has 5 rings (SSSR count). The summed E-state index contributed by atoms with van der Waals surface area (Å²) in [6.07, 6.45) is 13.6. The van der Waals surface area contributed by atoms with Crippen molar-refractivity contribution < 1.29 is 4.79 Å². The maximum absolute atomic E-state index is 11.1. The zero-order valence-corrected chi connectivity index (χ0v) is 17.3. The van der Waals surface area contributed by atoms with Crippen LogP contribution in [0.2, 0.25) is 0 Å². The zero-order chi connectivity index (χ0) is 22.1. The van der Waals surface area contributed by atoms with Gasteiger partial charge >= 0.3 is 0 Å². The van der Waals surface area contributed by atoms with Crippen LogP contribution in [0.3, 0.4) is 0 Å². The van der Waals surface area contributed by atoms with Gasteiger partial charge in [0.05, 0.1) is 35.6 Å². The second-order valence-electron chi connectivity index (χ2n) is 7.93. The standard InChI is InChI=1S/C24H21N7O/c25-11-16-1-3-19(4-2-16)23-24-21(13-29-31(24)10-9-27-23)18-7-5-17(6-8-18)20-12-28-30(14-20)15-22(26)32/h3,5-10,12-14,16H,1-2,4,15H2,(H2,26,32). The molecule has 0 fully saturated rings. The third-order valence-electron chi connectivity index (χ3n) is 5.81. The van der Waals surface area contributed by atoms with Crippen molar-refractivity contribution in [2.24, 2.45) is 11.7 Å². The molecule has 3 aromatic heterocycles. The van der Waals surface area contributed by atoms with E-state index in [0.717, 1.165) is 52.7 Å². The van der Waals surface area contributed by atoms with Gasteiger partial charge in [0, 0.05) is 29.7 Å². The number of nitrogens with two attached hydrogens (primary N) is 1. The van der Waals surface area contributed by atoms with Gasteiger partial charge in [0.15, 0.2) is 0 Å². The van der Waals surface area contributed by atoms with Crippen LogP contribution in [-0.4, -0.2) is 30.3 Å². The summed E-state index contributed by atoms with van der Waals surface area (Å²) in [7, 11) is 0. The molecule has 0 radical (unpaired) electrons. The number of benzene rings is 1. The zero-order valence-electron chi connectivity index (χ0n) is 17.3. The first-order valence-electron chi connectivity index (χ1n) is 10.5. The number of primary amides is 1. The smallest absolute Gasteiger partial charge is 0.239 e. The minimum absolute atomic E-state index is 0.0568. The summed E-state index contributed by atoms with van der Waals surface area (Å²) in [6, 6.07) is 10.5. The number of fused-ring (bicyclic) bond motifs is 1. The Morgan fingerprint density at radius 2 is 1.97 bits per heavy atom. The van der Waals surface area contributed by atoms with Gasteiger partial charge in [0.2, 0.25) is 5.91 Å². The maximum atomic E-state index is 11.1. The highest BCUT2D eigenvalue weighted by Crippen LogP contribution is 2.35. The van der Waals surface area contributed by atoms with Crippen LogP contribution in [-0.2, 0) is 11.3 Å². The van der Waals surface area contributed by atoms with Crippen molar-refractivity contribution in [1.29, 1.82) is 5.26 Å². The molecule has 2 N–H and O–H groups in total. The second kappa shape index (κ2) is 8.12. The predicted octanol–water partition coefficient (Wildman–Crippen LogP) is 3.45. The van der Waals surface area contributed by atoms with Crippen LogP contribution in [0, 0.1) is 17.2 Å². The molecule has 8 heteroatoms. The molecule has 0 aliphatic heterocycles. The van der Waals surface area contributed by atoms with E-state index >= 15 is 0 Å². The first-order chi connectivity index (χ1) is 15.6. The lowest BCUT2D eigenvalue weighted by molar-refractivity contribution is -0.118. The highest BCUT2D eigenvalue weighted by Gasteiger charge is 2.20. The van der Waals surface area contributed by atoms with Crippen molar-refractivity contribution in [3.8, 4) is 28.3 Å². The average Bonchev–Trinajstić information content (AvgIpc) is 3.46. The minimum atomic E-state index is -0.427. The van der Waals surface area contributed by atoms with E-state index in [4.69, 9.17) is 5.73 Å². The van der Waals surface area contributed by atoms with E-state index in [1.807, 2.05) is 29.0 Å². The van der Waals surface area contributed by atoms with E-state index in [2.05, 4.69) is 39.5 Å². The summed E-state index contributed by atoms with van der Waals surface area (Å²) in [6.45, 7) is 0.0568. The SMILES string of the molecule is N#CC1CC=C(c2nccn3ncc(-c4ccc(-c5cnn(CC(N)=O)c5)cc4)c23)CC1. The Balaban J connectivity index is 1.49. The van der Waals surface area contributed by atoms with Gasteiger partial charge in [-0.1, -0.05) is 30.3 Å². The Morgan fingerprint density at radius 3 is 2.69 bits per heavy atom. The van der Waals surface area contributed by atoms with Gasteiger partial charge in [-0.2, -0.15) is 15.5 Å². The van der Waals surface area contributed by atoms with E-state index in [0.29, 0.717) is 0 Å². The Bertz CT molecular complexity index is 1370. The van der Waals surface area contributed by atoms with E-state index in [1.165, 1.54) is 10.3 Å². The molecular weight excluding hydrogens is 402 g/mol. The van der Waals surface area contributed by atoms with Crippen molar-refractivity contribution in [1.82, 2.24) is 24.4 Å². The first kappa shape index (κ1) is 19.7. The lowest BCUT2D eigenvalue weighted by atomic mass is 9.88. The van der Waals surface area contributed by atoms with Gasteiger partial charge in [-0.15, -0.1) is 0 Å². The fourth-order valence-corrected chi connectivity index (χ4v) is 4.16. The fourth-order valence-electron chi connectivity index (χ4n) is 4.16. The van der Waals surface area contributed by atoms with Crippen molar-refractivity contribution >= 4 is 17.0 Å². The summed E-state index contributed by atoms with van der Waals surface area (Å²) in [5.74, 6) is -0.341. The molecule has 1 amide bonds. The molecule has 0 bridgehead atoms. The predicted molar refractivity (Wildman–Crippen MR) is 120 cm³/mol. The molecule has 1 aliphatic rings. The summed E-state index contributed by atoms with van der Waals surface area (Å²) in [5.41, 5.74) is 12.3. The lowest BCUT2D eigenvalue weighted by Crippen LogP contribution is -2.18. The molecule has 1 aliphatic carbocycles. The van der Waals surface area contributed by atoms with Crippen LogP contribution in [0.5, 0.6) is 0 Å². The van der Waals surface area contributed by atoms with Crippen LogP contribution in [0.15, 0.2) is 61.3 Å². The Kier molecular flexibility index (Phi) is 5.00. The summed E-state index contributed by atoms with van der Waals surface area (Å²) in [4.78, 5) is 15.8. The molecule has 1 unspecified atom stereocenters. The molecule has 4 aromatic rings. The molecule has 3 heterocycles. The molecule has 0 spiro atoms. The van der Waals surface area contributed by atoms with Crippen LogP contribution in [0.25, 0.3) is 33.3 Å². The Labute approximate surface area is 184 Å². The Hall–Kier alpha value is -4.25. The number of rotatable bonds is 5. The van der Waals surface area contributed by atoms with E-state index in [9.17, 15) is 10.1 Å². The molecule has 158 valence electrons. The van der Waals surface area contributed by atoms with Crippen molar-refractivity contribution in [2.75, 3.05) is 0 Å². The van der Waals surface area contributed by atoms with Crippen molar-refractivity contribution in [2.45, 2.75) is 25.8 Å². The first-order valence-corrected chi connectivity index (χ1v) is 10.5. The molecular formula is C24H21N7O. The lowest BCUT2D eigenvalue weighted by Gasteiger charge is -2.17. The van der Waals surface area contributed by atoms with Crippen molar-refractivity contribution in [3.05, 3.63) is 67.0 Å². The fraction of sp³-hybridized carbons (Fsp3) is 0.208. The third kappa shape index (κ3) is 3.65. The van der Waals surface area contributed by atoms with Crippen LogP contribution in [0.4, 0.5) is 0 Å². The highest BCUT2D eigenvalue weighted by atomic mass is 16.1. The molecule has 0 saturated heterocycles. The van der Waals surface area contributed by atoms with Gasteiger partial charge < -0.3 is 5.73 Å². The molecule has 1 aromatic carbocycles. The van der Waals surface area contributed by atoms with Gasteiger partial charge in [0.1, 0.15) is 6.54 Å². The Morgan fingerprint density at radius 1 is 1.16 bits per heavy atom. The van der Waals surface area contributed by atoms with Gasteiger partial charge in [0.25, 0.3) is 0 Å². The quantitative estimate of drug-likeness (QED) is 0.528. The molecule has 1 atom stereocenters. The number of amides is 1. The number of aromatic nitrogens is 5. The summed E-state index contributed by atoms with van der Waals surface area (Å²) < 4.78 is 3.39. The number of hydrogen-bond acceptors (Lipinski definition) is 5. The maximum Gasteiger partial charge on any atom is 0.239 e. The van der Waals surface area contributed by atoms with E-state index in [-0.39, 0.29) is 12.5 Å². The minimum Gasteiger partial charge on any atom is -0.368 e. The topological polar surface area (TPSA) is 115 Å².